The van der Waals surface area contributed by atoms with Crippen LogP contribution in [0.1, 0.15) is 34.7 Å². The van der Waals surface area contributed by atoms with Crippen LogP contribution < -0.4 is 5.32 Å². The molecule has 0 aromatic heterocycles. The normalized spacial score (nSPS) is 16.8. The third kappa shape index (κ3) is 4.81. The number of carbonyl (C=O) groups is 1. The van der Waals surface area contributed by atoms with Crippen LogP contribution in [0.3, 0.4) is 0 Å². The van der Waals surface area contributed by atoms with E-state index < -0.39 is 0 Å². The number of benzene rings is 2. The molecule has 0 bridgehead atoms. The number of hydrogen-bond donors (Lipinski definition) is 1. The molecule has 2 aromatic rings. The van der Waals surface area contributed by atoms with E-state index in [0.717, 1.165) is 49.5 Å². The van der Waals surface area contributed by atoms with Crippen LogP contribution in [0.2, 0.25) is 0 Å². The van der Waals surface area contributed by atoms with Crippen molar-refractivity contribution in [3.05, 3.63) is 64.2 Å². The van der Waals surface area contributed by atoms with Crippen molar-refractivity contribution < 1.29 is 4.79 Å². The van der Waals surface area contributed by atoms with Gasteiger partial charge in [0.05, 0.1) is 6.04 Å². The van der Waals surface area contributed by atoms with Crippen molar-refractivity contribution in [2.24, 2.45) is 0 Å². The summed E-state index contributed by atoms with van der Waals surface area (Å²) in [5.74, 6) is 0.0856. The van der Waals surface area contributed by atoms with Gasteiger partial charge >= 0.3 is 0 Å². The Kier molecular flexibility index (Phi) is 6.53. The average molecular weight is 380 g/mol. The van der Waals surface area contributed by atoms with E-state index in [1.807, 2.05) is 6.92 Å². The van der Waals surface area contributed by atoms with E-state index in [2.05, 4.69) is 79.2 Å². The van der Waals surface area contributed by atoms with Gasteiger partial charge in [-0.1, -0.05) is 42.0 Å². The Morgan fingerprint density at radius 3 is 2.18 bits per heavy atom. The van der Waals surface area contributed by atoms with E-state index in [1.165, 1.54) is 16.7 Å². The standard InChI is InChI=1S/C24H33N3O/c1-17-14-19(3)23(20(4)15-17)25-24(28)21(5)27-12-10-26(11-13-27)16-22-9-7-6-8-18(22)2/h6-9,14-15,21H,10-13,16H2,1-5H3,(H,25,28)/t21-/m0/s1. The quantitative estimate of drug-likeness (QED) is 0.851. The SMILES string of the molecule is Cc1cc(C)c(NC(=O)[C@H](C)N2CCN(Cc3ccccc3C)CC2)c(C)c1. The maximum absolute atomic E-state index is 12.9. The largest absolute Gasteiger partial charge is 0.324 e. The Morgan fingerprint density at radius 1 is 0.964 bits per heavy atom. The second-order valence-corrected chi connectivity index (χ2v) is 8.18. The molecule has 3 rings (SSSR count). The molecule has 0 radical (unpaired) electrons. The Hall–Kier alpha value is -2.17. The number of rotatable bonds is 5. The van der Waals surface area contributed by atoms with E-state index in [4.69, 9.17) is 0 Å². The van der Waals surface area contributed by atoms with Gasteiger partial charge in [0.1, 0.15) is 0 Å². The molecule has 1 saturated heterocycles. The first-order chi connectivity index (χ1) is 13.3. The second-order valence-electron chi connectivity index (χ2n) is 8.18. The highest BCUT2D eigenvalue weighted by Crippen LogP contribution is 2.22. The average Bonchev–Trinajstić information content (AvgIpc) is 2.66. The minimum atomic E-state index is -0.124. The van der Waals surface area contributed by atoms with Gasteiger partial charge in [-0.15, -0.1) is 0 Å². The van der Waals surface area contributed by atoms with Gasteiger partial charge in [0.25, 0.3) is 0 Å². The third-order valence-electron chi connectivity index (χ3n) is 5.91. The summed E-state index contributed by atoms with van der Waals surface area (Å²) in [5.41, 5.74) is 7.18. The van der Waals surface area contributed by atoms with Gasteiger partial charge < -0.3 is 5.32 Å². The number of anilines is 1. The van der Waals surface area contributed by atoms with Gasteiger partial charge in [0.2, 0.25) is 5.91 Å². The highest BCUT2D eigenvalue weighted by Gasteiger charge is 2.26. The fourth-order valence-corrected chi connectivity index (χ4v) is 4.11. The monoisotopic (exact) mass is 379 g/mol. The van der Waals surface area contributed by atoms with Crippen molar-refractivity contribution in [2.45, 2.75) is 47.2 Å². The molecule has 1 amide bonds. The van der Waals surface area contributed by atoms with Gasteiger partial charge in [-0.2, -0.15) is 0 Å². The number of nitrogens with zero attached hydrogens (tertiary/aromatic N) is 2. The molecule has 1 atom stereocenters. The third-order valence-corrected chi connectivity index (χ3v) is 5.91. The molecule has 0 spiro atoms. The van der Waals surface area contributed by atoms with Crippen LogP contribution in [-0.2, 0) is 11.3 Å². The fourth-order valence-electron chi connectivity index (χ4n) is 4.11. The van der Waals surface area contributed by atoms with Gasteiger partial charge in [0, 0.05) is 38.4 Å². The lowest BCUT2D eigenvalue weighted by molar-refractivity contribution is -0.121. The van der Waals surface area contributed by atoms with Crippen LogP contribution in [0.15, 0.2) is 36.4 Å². The summed E-state index contributed by atoms with van der Waals surface area (Å²) in [4.78, 5) is 17.6. The molecule has 150 valence electrons. The van der Waals surface area contributed by atoms with Crippen LogP contribution in [0.25, 0.3) is 0 Å². The van der Waals surface area contributed by atoms with E-state index in [1.54, 1.807) is 0 Å². The Balaban J connectivity index is 1.55. The molecule has 1 aliphatic heterocycles. The number of amides is 1. The Bertz CT molecular complexity index is 814. The Labute approximate surface area is 169 Å². The van der Waals surface area contributed by atoms with Crippen molar-refractivity contribution in [3.8, 4) is 0 Å². The van der Waals surface area contributed by atoms with Crippen LogP contribution >= 0.6 is 0 Å². The summed E-state index contributed by atoms with van der Waals surface area (Å²) in [6, 6.07) is 12.7. The van der Waals surface area contributed by atoms with Crippen molar-refractivity contribution in [1.82, 2.24) is 9.80 Å². The van der Waals surface area contributed by atoms with Crippen LogP contribution in [0.5, 0.6) is 0 Å². The zero-order valence-electron chi connectivity index (χ0n) is 17.9. The molecule has 0 unspecified atom stereocenters. The van der Waals surface area contributed by atoms with E-state index in [0.29, 0.717) is 0 Å². The lowest BCUT2D eigenvalue weighted by Crippen LogP contribution is -2.52. The fraction of sp³-hybridized carbons (Fsp3) is 0.458. The molecular formula is C24H33N3O. The highest BCUT2D eigenvalue weighted by molar-refractivity contribution is 5.96. The van der Waals surface area contributed by atoms with Gasteiger partial charge in [-0.3, -0.25) is 14.6 Å². The second kappa shape index (κ2) is 8.89. The number of aryl methyl sites for hydroxylation is 4. The minimum Gasteiger partial charge on any atom is -0.324 e. The lowest BCUT2D eigenvalue weighted by Gasteiger charge is -2.37. The van der Waals surface area contributed by atoms with Gasteiger partial charge in [-0.25, -0.2) is 0 Å². The molecule has 1 aliphatic rings. The van der Waals surface area contributed by atoms with Crippen LogP contribution in [-0.4, -0.2) is 47.9 Å². The first kappa shape index (κ1) is 20.6. The predicted molar refractivity (Wildman–Crippen MR) is 117 cm³/mol. The molecule has 1 N–H and O–H groups in total. The number of carbonyl (C=O) groups excluding carboxylic acids is 1. The van der Waals surface area contributed by atoms with E-state index >= 15 is 0 Å². The molecular weight excluding hydrogens is 346 g/mol. The van der Waals surface area contributed by atoms with Crippen molar-refractivity contribution in [2.75, 3.05) is 31.5 Å². The number of hydrogen-bond acceptors (Lipinski definition) is 3. The molecule has 2 aromatic carbocycles. The molecule has 4 heteroatoms. The molecule has 0 saturated carbocycles. The lowest BCUT2D eigenvalue weighted by atomic mass is 10.0. The maximum Gasteiger partial charge on any atom is 0.241 e. The molecule has 1 fully saturated rings. The van der Waals surface area contributed by atoms with Crippen LogP contribution in [0, 0.1) is 27.7 Å². The van der Waals surface area contributed by atoms with E-state index in [-0.39, 0.29) is 11.9 Å². The Morgan fingerprint density at radius 2 is 1.57 bits per heavy atom. The predicted octanol–water partition coefficient (Wildman–Crippen LogP) is 4.07. The zero-order chi connectivity index (χ0) is 20.3. The summed E-state index contributed by atoms with van der Waals surface area (Å²) < 4.78 is 0. The summed E-state index contributed by atoms with van der Waals surface area (Å²) in [7, 11) is 0. The van der Waals surface area contributed by atoms with Crippen molar-refractivity contribution in [1.29, 1.82) is 0 Å². The highest BCUT2D eigenvalue weighted by atomic mass is 16.2. The smallest absolute Gasteiger partial charge is 0.241 e. The van der Waals surface area contributed by atoms with Crippen molar-refractivity contribution >= 4 is 11.6 Å². The number of nitrogens with one attached hydrogen (secondary N) is 1. The molecule has 0 aliphatic carbocycles. The van der Waals surface area contributed by atoms with Gasteiger partial charge in [0.15, 0.2) is 0 Å². The first-order valence-electron chi connectivity index (χ1n) is 10.2. The molecule has 4 nitrogen and oxygen atoms in total. The summed E-state index contributed by atoms with van der Waals surface area (Å²) in [6.07, 6.45) is 0. The summed E-state index contributed by atoms with van der Waals surface area (Å²) in [6.45, 7) is 15.2. The topological polar surface area (TPSA) is 35.6 Å². The molecule has 28 heavy (non-hydrogen) atoms. The zero-order valence-corrected chi connectivity index (χ0v) is 17.9. The summed E-state index contributed by atoms with van der Waals surface area (Å²) in [5, 5.41) is 3.17. The van der Waals surface area contributed by atoms with Crippen LogP contribution in [0.4, 0.5) is 5.69 Å². The number of piperazine rings is 1. The maximum atomic E-state index is 12.9. The van der Waals surface area contributed by atoms with Gasteiger partial charge in [-0.05, 0) is 56.9 Å². The van der Waals surface area contributed by atoms with Crippen molar-refractivity contribution in [3.63, 3.8) is 0 Å². The molecule has 1 heterocycles. The summed E-state index contributed by atoms with van der Waals surface area (Å²) >= 11 is 0. The first-order valence-corrected chi connectivity index (χ1v) is 10.2. The minimum absolute atomic E-state index is 0.0856. The van der Waals surface area contributed by atoms with E-state index in [9.17, 15) is 4.79 Å².